The highest BCUT2D eigenvalue weighted by atomic mass is 16.3. The molecule has 0 spiro atoms. The second-order valence-electron chi connectivity index (χ2n) is 3.49. The van der Waals surface area contributed by atoms with Gasteiger partial charge in [0.25, 0.3) is 0 Å². The van der Waals surface area contributed by atoms with Crippen LogP contribution in [0.2, 0.25) is 0 Å². The minimum atomic E-state index is -0.307. The Labute approximate surface area is 73.3 Å². The molecule has 1 aliphatic rings. The minimum absolute atomic E-state index is 0.159. The molecule has 0 aromatic rings. The number of hydrogen-bond donors (Lipinski definition) is 1. The van der Waals surface area contributed by atoms with Gasteiger partial charge in [0.15, 0.2) is 5.78 Å². The first kappa shape index (κ1) is 9.46. The zero-order valence-electron chi connectivity index (χ0n) is 7.71. The first-order chi connectivity index (χ1) is 5.65. The van der Waals surface area contributed by atoms with Crippen LogP contribution >= 0.6 is 0 Å². The predicted molar refractivity (Wildman–Crippen MR) is 47.8 cm³/mol. The van der Waals surface area contributed by atoms with E-state index in [1.807, 2.05) is 19.9 Å². The average molecular weight is 168 g/mol. The van der Waals surface area contributed by atoms with Gasteiger partial charge in [-0.25, -0.2) is 0 Å². The minimum Gasteiger partial charge on any atom is -0.393 e. The van der Waals surface area contributed by atoms with Crippen molar-refractivity contribution in [2.75, 3.05) is 0 Å². The molecule has 0 aromatic carbocycles. The first-order valence-corrected chi connectivity index (χ1v) is 4.53. The Kier molecular flexibility index (Phi) is 3.04. The van der Waals surface area contributed by atoms with E-state index in [1.54, 1.807) is 0 Å². The fourth-order valence-corrected chi connectivity index (χ4v) is 1.55. The third kappa shape index (κ3) is 1.95. The van der Waals surface area contributed by atoms with Crippen molar-refractivity contribution >= 4 is 5.78 Å². The molecule has 0 aliphatic heterocycles. The van der Waals surface area contributed by atoms with Crippen LogP contribution in [0, 0.1) is 5.92 Å². The summed E-state index contributed by atoms with van der Waals surface area (Å²) in [7, 11) is 0. The Balaban J connectivity index is 2.59. The van der Waals surface area contributed by atoms with Crippen LogP contribution in [0.15, 0.2) is 11.6 Å². The molecular weight excluding hydrogens is 152 g/mol. The van der Waals surface area contributed by atoms with Crippen LogP contribution in [-0.2, 0) is 4.79 Å². The zero-order chi connectivity index (χ0) is 9.14. The third-order valence-electron chi connectivity index (χ3n) is 2.58. The predicted octanol–water partition coefficient (Wildman–Crippen LogP) is 1.68. The summed E-state index contributed by atoms with van der Waals surface area (Å²) in [5.41, 5.74) is 0.856. The van der Waals surface area contributed by atoms with E-state index < -0.39 is 0 Å². The molecule has 1 N–H and O–H groups in total. The van der Waals surface area contributed by atoms with Crippen molar-refractivity contribution < 1.29 is 9.90 Å². The molecule has 0 saturated heterocycles. The maximum Gasteiger partial charge on any atom is 0.158 e. The fourth-order valence-electron chi connectivity index (χ4n) is 1.55. The molecule has 12 heavy (non-hydrogen) atoms. The topological polar surface area (TPSA) is 37.3 Å². The van der Waals surface area contributed by atoms with Crippen molar-refractivity contribution in [2.24, 2.45) is 5.92 Å². The van der Waals surface area contributed by atoms with E-state index in [2.05, 4.69) is 0 Å². The van der Waals surface area contributed by atoms with E-state index in [9.17, 15) is 9.90 Å². The molecular formula is C10H16O2. The monoisotopic (exact) mass is 168 g/mol. The van der Waals surface area contributed by atoms with Crippen molar-refractivity contribution in [3.05, 3.63) is 11.6 Å². The lowest BCUT2D eigenvalue weighted by Crippen LogP contribution is -2.25. The van der Waals surface area contributed by atoms with Crippen molar-refractivity contribution in [3.63, 3.8) is 0 Å². The van der Waals surface area contributed by atoms with Gasteiger partial charge >= 0.3 is 0 Å². The van der Waals surface area contributed by atoms with Crippen LogP contribution in [0.3, 0.4) is 0 Å². The maximum atomic E-state index is 11.2. The summed E-state index contributed by atoms with van der Waals surface area (Å²) in [5, 5.41) is 9.51. The largest absolute Gasteiger partial charge is 0.393 e. The van der Waals surface area contributed by atoms with Crippen LogP contribution < -0.4 is 0 Å². The van der Waals surface area contributed by atoms with Crippen LogP contribution in [0.25, 0.3) is 0 Å². The van der Waals surface area contributed by atoms with E-state index in [4.69, 9.17) is 0 Å². The molecule has 0 fully saturated rings. The summed E-state index contributed by atoms with van der Waals surface area (Å²) in [6.07, 6.45) is 3.75. The van der Waals surface area contributed by atoms with Crippen LogP contribution in [-0.4, -0.2) is 17.0 Å². The number of aliphatic hydroxyl groups excluding tert-OH is 1. The van der Waals surface area contributed by atoms with Crippen molar-refractivity contribution in [2.45, 2.75) is 39.2 Å². The molecule has 2 unspecified atom stereocenters. The maximum absolute atomic E-state index is 11.2. The van der Waals surface area contributed by atoms with Gasteiger partial charge in [0, 0.05) is 6.42 Å². The summed E-state index contributed by atoms with van der Waals surface area (Å²) in [6.45, 7) is 3.79. The third-order valence-corrected chi connectivity index (χ3v) is 2.58. The average Bonchev–Trinajstić information content (AvgIpc) is 2.08. The van der Waals surface area contributed by atoms with Crippen molar-refractivity contribution in [1.29, 1.82) is 0 Å². The quantitative estimate of drug-likeness (QED) is 0.681. The Morgan fingerprint density at radius 2 is 2.42 bits per heavy atom. The van der Waals surface area contributed by atoms with Crippen LogP contribution in [0.1, 0.15) is 33.1 Å². The molecule has 0 saturated carbocycles. The van der Waals surface area contributed by atoms with E-state index in [1.165, 1.54) is 0 Å². The number of carbonyl (C=O) groups is 1. The van der Waals surface area contributed by atoms with Gasteiger partial charge in [0.2, 0.25) is 0 Å². The summed E-state index contributed by atoms with van der Waals surface area (Å²) >= 11 is 0. The van der Waals surface area contributed by atoms with Gasteiger partial charge in [-0.2, -0.15) is 0 Å². The SMILES string of the molecule is CCC(O)C1CC=C(C)C(=O)C1. The van der Waals surface area contributed by atoms with E-state index in [0.29, 0.717) is 6.42 Å². The second-order valence-corrected chi connectivity index (χ2v) is 3.49. The Hall–Kier alpha value is -0.630. The van der Waals surface area contributed by atoms with Crippen LogP contribution in [0.5, 0.6) is 0 Å². The lowest BCUT2D eigenvalue weighted by Gasteiger charge is -2.23. The summed E-state index contributed by atoms with van der Waals surface area (Å²) in [6, 6.07) is 0. The number of hydrogen-bond acceptors (Lipinski definition) is 2. The van der Waals surface area contributed by atoms with Crippen LogP contribution in [0.4, 0.5) is 0 Å². The van der Waals surface area contributed by atoms with Gasteiger partial charge in [-0.3, -0.25) is 4.79 Å². The molecule has 2 heteroatoms. The molecule has 2 nitrogen and oxygen atoms in total. The second kappa shape index (κ2) is 3.85. The number of allylic oxidation sites excluding steroid dienone is 2. The molecule has 0 heterocycles. The zero-order valence-corrected chi connectivity index (χ0v) is 7.71. The van der Waals surface area contributed by atoms with Gasteiger partial charge < -0.3 is 5.11 Å². The molecule has 68 valence electrons. The van der Waals surface area contributed by atoms with E-state index >= 15 is 0 Å². The fraction of sp³-hybridized carbons (Fsp3) is 0.700. The Morgan fingerprint density at radius 3 is 2.92 bits per heavy atom. The number of Topliss-reactive ketones (excluding diaryl/α,β-unsaturated/α-hetero) is 1. The smallest absolute Gasteiger partial charge is 0.158 e. The van der Waals surface area contributed by atoms with Gasteiger partial charge in [-0.15, -0.1) is 0 Å². The molecule has 0 amide bonds. The van der Waals surface area contributed by atoms with E-state index in [-0.39, 0.29) is 17.8 Å². The number of ketones is 1. The molecule has 0 bridgehead atoms. The highest BCUT2D eigenvalue weighted by molar-refractivity contribution is 5.95. The number of aliphatic hydroxyl groups is 1. The molecule has 1 aliphatic carbocycles. The van der Waals surface area contributed by atoms with Gasteiger partial charge in [0.05, 0.1) is 6.10 Å². The standard InChI is InChI=1S/C10H16O2/c1-3-9(11)8-5-4-7(2)10(12)6-8/h4,8-9,11H,3,5-6H2,1-2H3. The Morgan fingerprint density at radius 1 is 1.75 bits per heavy atom. The summed E-state index contributed by atoms with van der Waals surface area (Å²) in [4.78, 5) is 11.2. The molecule has 1 rings (SSSR count). The molecule has 2 atom stereocenters. The van der Waals surface area contributed by atoms with E-state index in [0.717, 1.165) is 18.4 Å². The van der Waals surface area contributed by atoms with Crippen molar-refractivity contribution in [3.8, 4) is 0 Å². The molecule has 0 radical (unpaired) electrons. The molecule has 0 aromatic heterocycles. The number of carbonyl (C=O) groups excluding carboxylic acids is 1. The normalized spacial score (nSPS) is 26.8. The van der Waals surface area contributed by atoms with Gasteiger partial charge in [-0.05, 0) is 31.3 Å². The summed E-state index contributed by atoms with van der Waals surface area (Å²) in [5.74, 6) is 0.352. The summed E-state index contributed by atoms with van der Waals surface area (Å²) < 4.78 is 0. The highest BCUT2D eigenvalue weighted by Crippen LogP contribution is 2.24. The number of rotatable bonds is 2. The Bertz CT molecular complexity index is 206. The highest BCUT2D eigenvalue weighted by Gasteiger charge is 2.24. The lowest BCUT2D eigenvalue weighted by atomic mass is 9.85. The lowest BCUT2D eigenvalue weighted by molar-refractivity contribution is -0.117. The first-order valence-electron chi connectivity index (χ1n) is 4.53. The van der Waals surface area contributed by atoms with Gasteiger partial charge in [0.1, 0.15) is 0 Å². The van der Waals surface area contributed by atoms with Gasteiger partial charge in [-0.1, -0.05) is 13.0 Å². The van der Waals surface area contributed by atoms with Crippen molar-refractivity contribution in [1.82, 2.24) is 0 Å².